The van der Waals surface area contributed by atoms with E-state index in [-0.39, 0.29) is 42.0 Å². The molecule has 0 aromatic heterocycles. The summed E-state index contributed by atoms with van der Waals surface area (Å²) >= 11 is 0. The minimum Gasteiger partial charge on any atom is -0.330 e. The second-order valence-electron chi connectivity index (χ2n) is 9.31. The molecule has 1 saturated carbocycles. The second-order valence-corrected chi connectivity index (χ2v) is 9.31. The van der Waals surface area contributed by atoms with Crippen molar-refractivity contribution in [2.75, 3.05) is 13.1 Å². The lowest BCUT2D eigenvalue weighted by Gasteiger charge is -2.38. The van der Waals surface area contributed by atoms with E-state index in [2.05, 4.69) is 12.1 Å². The molecule has 8 nitrogen and oxygen atoms in total. The Hall–Kier alpha value is -2.94. The zero-order chi connectivity index (χ0) is 21.9. The Morgan fingerprint density at radius 1 is 1.29 bits per heavy atom. The number of hydrogen-bond donors (Lipinski definition) is 1. The van der Waals surface area contributed by atoms with Gasteiger partial charge in [0.2, 0.25) is 11.8 Å². The van der Waals surface area contributed by atoms with Crippen LogP contribution in [0.5, 0.6) is 0 Å². The first-order valence-corrected chi connectivity index (χ1v) is 11.0. The number of piperazine rings is 1. The average Bonchev–Trinajstić information content (AvgIpc) is 3.11. The molecule has 1 aliphatic carbocycles. The van der Waals surface area contributed by atoms with E-state index in [9.17, 15) is 14.9 Å². The van der Waals surface area contributed by atoms with Crippen LogP contribution in [0, 0.1) is 28.6 Å². The number of carbonyl (C=O) groups excluding carboxylic acids is 2. The number of hydrogen-bond acceptors (Lipinski definition) is 6. The smallest absolute Gasteiger partial charge is 0.242 e. The summed E-state index contributed by atoms with van der Waals surface area (Å²) in [5, 5.41) is 18.5. The van der Waals surface area contributed by atoms with Crippen LogP contribution in [0.1, 0.15) is 43.4 Å². The number of nitrogens with zero attached hydrogens (tertiary/aromatic N) is 5. The van der Waals surface area contributed by atoms with Gasteiger partial charge in [0.15, 0.2) is 0 Å². The van der Waals surface area contributed by atoms with Gasteiger partial charge in [0, 0.05) is 25.2 Å². The monoisotopic (exact) mass is 418 g/mol. The van der Waals surface area contributed by atoms with E-state index in [0.717, 1.165) is 24.8 Å². The minimum atomic E-state index is -0.722. The molecule has 4 fully saturated rings. The van der Waals surface area contributed by atoms with Crippen LogP contribution in [0.3, 0.4) is 0 Å². The van der Waals surface area contributed by atoms with Crippen LogP contribution in [0.15, 0.2) is 24.3 Å². The SMILES string of the molecule is C[C@@H](c1cccc(C#N)c1)N1C(=O)[C@@H]2CC1CN2C[C@H](N)C(=O)N1[C@H](C#N)C[C@@H]2C[C@@H]21. The zero-order valence-corrected chi connectivity index (χ0v) is 17.5. The number of likely N-dealkylation sites (tertiary alicyclic amines) is 3. The van der Waals surface area contributed by atoms with E-state index in [0.29, 0.717) is 24.6 Å². The van der Waals surface area contributed by atoms with Crippen molar-refractivity contribution < 1.29 is 9.59 Å². The number of nitrogens with two attached hydrogens (primary N) is 1. The van der Waals surface area contributed by atoms with Gasteiger partial charge in [0.25, 0.3) is 0 Å². The van der Waals surface area contributed by atoms with Gasteiger partial charge < -0.3 is 15.5 Å². The third-order valence-electron chi connectivity index (χ3n) is 7.49. The summed E-state index contributed by atoms with van der Waals surface area (Å²) in [5.74, 6) is 0.356. The fourth-order valence-corrected chi connectivity index (χ4v) is 5.84. The molecular weight excluding hydrogens is 392 g/mol. The Bertz CT molecular complexity index is 1010. The molecule has 3 saturated heterocycles. The van der Waals surface area contributed by atoms with Crippen LogP contribution in [0.2, 0.25) is 0 Å². The van der Waals surface area contributed by atoms with Gasteiger partial charge in [0.1, 0.15) is 6.04 Å². The molecule has 2 N–H and O–H groups in total. The largest absolute Gasteiger partial charge is 0.330 e. The van der Waals surface area contributed by atoms with Crippen molar-refractivity contribution in [2.45, 2.75) is 62.4 Å². The molecule has 4 aliphatic rings. The summed E-state index contributed by atoms with van der Waals surface area (Å²) in [6.07, 6.45) is 2.47. The Morgan fingerprint density at radius 2 is 2.10 bits per heavy atom. The van der Waals surface area contributed by atoms with Gasteiger partial charge in [-0.15, -0.1) is 0 Å². The van der Waals surface area contributed by atoms with Gasteiger partial charge in [-0.05, 0) is 49.8 Å². The van der Waals surface area contributed by atoms with E-state index in [1.165, 1.54) is 0 Å². The predicted octanol–water partition coefficient (Wildman–Crippen LogP) is 0.745. The minimum absolute atomic E-state index is 0.0593. The summed E-state index contributed by atoms with van der Waals surface area (Å²) < 4.78 is 0. The molecule has 2 amide bonds. The van der Waals surface area contributed by atoms with Crippen molar-refractivity contribution in [2.24, 2.45) is 11.7 Å². The molecule has 1 aromatic rings. The fraction of sp³-hybridized carbons (Fsp3) is 0.565. The Balaban J connectivity index is 1.24. The molecule has 0 radical (unpaired) electrons. The Morgan fingerprint density at radius 3 is 2.81 bits per heavy atom. The molecule has 5 rings (SSSR count). The lowest BCUT2D eigenvalue weighted by Crippen LogP contribution is -2.57. The van der Waals surface area contributed by atoms with Crippen LogP contribution in [0.4, 0.5) is 0 Å². The van der Waals surface area contributed by atoms with Gasteiger partial charge in [-0.2, -0.15) is 10.5 Å². The molecule has 2 bridgehead atoms. The van der Waals surface area contributed by atoms with Crippen LogP contribution < -0.4 is 5.73 Å². The first kappa shape index (κ1) is 20.0. The summed E-state index contributed by atoms with van der Waals surface area (Å²) in [4.78, 5) is 31.8. The Labute approximate surface area is 181 Å². The van der Waals surface area contributed by atoms with Crippen LogP contribution in [-0.2, 0) is 9.59 Å². The fourth-order valence-electron chi connectivity index (χ4n) is 5.84. The second kappa shape index (κ2) is 7.33. The summed E-state index contributed by atoms with van der Waals surface area (Å²) in [5.41, 5.74) is 7.81. The predicted molar refractivity (Wildman–Crippen MR) is 111 cm³/mol. The van der Waals surface area contributed by atoms with Crippen LogP contribution >= 0.6 is 0 Å². The number of fused-ring (bicyclic) bond motifs is 3. The maximum absolute atomic E-state index is 13.2. The topological polar surface area (TPSA) is 117 Å². The van der Waals surface area contributed by atoms with Gasteiger partial charge >= 0.3 is 0 Å². The lowest BCUT2D eigenvalue weighted by molar-refractivity contribution is -0.141. The molecule has 1 aromatic carbocycles. The number of amides is 2. The first-order chi connectivity index (χ1) is 14.9. The van der Waals surface area contributed by atoms with Gasteiger partial charge in [-0.1, -0.05) is 12.1 Å². The Kier molecular flexibility index (Phi) is 4.73. The summed E-state index contributed by atoms with van der Waals surface area (Å²) in [7, 11) is 0. The third-order valence-corrected chi connectivity index (χ3v) is 7.49. The molecule has 3 heterocycles. The molecule has 7 atom stereocenters. The quantitative estimate of drug-likeness (QED) is 0.754. The molecule has 31 heavy (non-hydrogen) atoms. The normalized spacial score (nSPS) is 33.0. The first-order valence-electron chi connectivity index (χ1n) is 11.0. The molecule has 8 heteroatoms. The number of piperidine rings is 1. The zero-order valence-electron chi connectivity index (χ0n) is 17.5. The molecule has 0 spiro atoms. The molecule has 160 valence electrons. The highest BCUT2D eigenvalue weighted by Crippen LogP contribution is 2.48. The average molecular weight is 419 g/mol. The van der Waals surface area contributed by atoms with Crippen molar-refractivity contribution >= 4 is 11.8 Å². The van der Waals surface area contributed by atoms with Crippen molar-refractivity contribution in [1.29, 1.82) is 10.5 Å². The highest BCUT2D eigenvalue weighted by molar-refractivity contribution is 5.87. The van der Waals surface area contributed by atoms with Crippen molar-refractivity contribution in [1.82, 2.24) is 14.7 Å². The highest BCUT2D eigenvalue weighted by atomic mass is 16.2. The number of benzene rings is 1. The molecule has 1 unspecified atom stereocenters. The maximum atomic E-state index is 13.2. The van der Waals surface area contributed by atoms with E-state index in [1.54, 1.807) is 11.0 Å². The van der Waals surface area contributed by atoms with Gasteiger partial charge in [-0.25, -0.2) is 0 Å². The van der Waals surface area contributed by atoms with E-state index in [4.69, 9.17) is 11.0 Å². The van der Waals surface area contributed by atoms with E-state index >= 15 is 0 Å². The number of nitriles is 2. The summed E-state index contributed by atoms with van der Waals surface area (Å²) in [6.45, 7) is 3.02. The van der Waals surface area contributed by atoms with Crippen LogP contribution in [-0.4, -0.2) is 69.8 Å². The van der Waals surface area contributed by atoms with Crippen molar-refractivity contribution in [3.63, 3.8) is 0 Å². The highest BCUT2D eigenvalue weighted by Gasteiger charge is 2.56. The van der Waals surface area contributed by atoms with Gasteiger partial charge in [-0.3, -0.25) is 14.5 Å². The molecule has 3 aliphatic heterocycles. The standard InChI is InChI=1S/C23H26N6O2/c1-13(15-4-2-3-14(5-15)9-24)28-18-8-21(23(28)31)27(11-18)12-19(26)22(30)29-17(10-25)6-16-7-20(16)29/h2-5,13,16-21H,6-8,11-12,26H2,1H3/t13-,16+,17-,18?,19-,20-,21-/m0/s1. The maximum Gasteiger partial charge on any atom is 0.242 e. The number of carbonyl (C=O) groups is 2. The van der Waals surface area contributed by atoms with Crippen molar-refractivity contribution in [3.05, 3.63) is 35.4 Å². The van der Waals surface area contributed by atoms with Crippen LogP contribution in [0.25, 0.3) is 0 Å². The van der Waals surface area contributed by atoms with Crippen molar-refractivity contribution in [3.8, 4) is 12.1 Å². The molecular formula is C23H26N6O2. The van der Waals surface area contributed by atoms with Gasteiger partial charge in [0.05, 0.1) is 35.8 Å². The number of rotatable bonds is 5. The van der Waals surface area contributed by atoms with E-state index in [1.807, 2.05) is 34.9 Å². The third kappa shape index (κ3) is 3.18. The van der Waals surface area contributed by atoms with E-state index < -0.39 is 6.04 Å². The summed E-state index contributed by atoms with van der Waals surface area (Å²) in [6, 6.07) is 10.6. The lowest BCUT2D eigenvalue weighted by atomic mass is 10.0.